The summed E-state index contributed by atoms with van der Waals surface area (Å²) in [5.74, 6) is -0.586. The summed E-state index contributed by atoms with van der Waals surface area (Å²) in [6.45, 7) is 0.244. The van der Waals surface area contributed by atoms with Crippen LogP contribution < -0.4 is 11.0 Å². The van der Waals surface area contributed by atoms with Crippen LogP contribution in [0, 0.1) is 5.82 Å². The lowest BCUT2D eigenvalue weighted by molar-refractivity contribution is 0.0951. The summed E-state index contributed by atoms with van der Waals surface area (Å²) >= 11 is 0. The fourth-order valence-electron chi connectivity index (χ4n) is 3.91. The number of H-pyrrole nitrogens is 1. The van der Waals surface area contributed by atoms with E-state index in [2.05, 4.69) is 10.3 Å². The van der Waals surface area contributed by atoms with E-state index in [1.54, 1.807) is 24.3 Å². The van der Waals surface area contributed by atoms with Gasteiger partial charge in [0.25, 0.3) is 5.91 Å². The topological polar surface area (TPSA) is 66.9 Å². The standard InChI is InChI=1S/C21H22FN3O2/c22-16-6-4-5-14(11-16)13-23-20(26)15-9-10-19-18(12-15)24-21(27)25(19)17-7-2-1-3-8-17/h4-6,9-12,17H,1-3,7-8,13H2,(H,23,26)(H,24,27). The summed E-state index contributed by atoms with van der Waals surface area (Å²) in [5, 5.41) is 2.79. The molecular weight excluding hydrogens is 345 g/mol. The van der Waals surface area contributed by atoms with Gasteiger partial charge in [0.2, 0.25) is 0 Å². The lowest BCUT2D eigenvalue weighted by atomic mass is 9.95. The Hall–Kier alpha value is -2.89. The molecule has 1 aliphatic carbocycles. The number of amides is 1. The maximum absolute atomic E-state index is 13.2. The molecule has 1 saturated carbocycles. The average molecular weight is 367 g/mol. The minimum absolute atomic E-state index is 0.116. The van der Waals surface area contributed by atoms with Crippen molar-refractivity contribution in [3.05, 3.63) is 69.9 Å². The second-order valence-electron chi connectivity index (χ2n) is 7.14. The summed E-state index contributed by atoms with van der Waals surface area (Å²) in [4.78, 5) is 27.7. The maximum atomic E-state index is 13.2. The molecule has 4 rings (SSSR count). The average Bonchev–Trinajstić information content (AvgIpc) is 3.01. The third-order valence-corrected chi connectivity index (χ3v) is 5.26. The smallest absolute Gasteiger partial charge is 0.326 e. The lowest BCUT2D eigenvalue weighted by Gasteiger charge is -2.22. The van der Waals surface area contributed by atoms with E-state index < -0.39 is 0 Å². The van der Waals surface area contributed by atoms with Crippen LogP contribution in [0.3, 0.4) is 0 Å². The molecule has 1 heterocycles. The number of halogens is 1. The molecule has 27 heavy (non-hydrogen) atoms. The molecule has 140 valence electrons. The number of nitrogens with zero attached hydrogens (tertiary/aromatic N) is 1. The highest BCUT2D eigenvalue weighted by atomic mass is 19.1. The maximum Gasteiger partial charge on any atom is 0.326 e. The van der Waals surface area contributed by atoms with Crippen LogP contribution >= 0.6 is 0 Å². The van der Waals surface area contributed by atoms with Gasteiger partial charge in [-0.15, -0.1) is 0 Å². The number of hydrogen-bond donors (Lipinski definition) is 2. The molecule has 0 bridgehead atoms. The normalized spacial score (nSPS) is 15.1. The van der Waals surface area contributed by atoms with Gasteiger partial charge in [0.05, 0.1) is 11.0 Å². The van der Waals surface area contributed by atoms with Gasteiger partial charge < -0.3 is 10.3 Å². The molecule has 2 N–H and O–H groups in total. The first kappa shape index (κ1) is 17.5. The molecule has 0 unspecified atom stereocenters. The molecule has 0 aliphatic heterocycles. The Balaban J connectivity index is 1.54. The van der Waals surface area contributed by atoms with Crippen molar-refractivity contribution >= 4 is 16.9 Å². The molecule has 1 aliphatic rings. The van der Waals surface area contributed by atoms with Gasteiger partial charge in [0.1, 0.15) is 5.82 Å². The third kappa shape index (κ3) is 3.65. The molecule has 0 atom stereocenters. The summed E-state index contributed by atoms with van der Waals surface area (Å²) in [5.41, 5.74) is 2.56. The number of benzene rings is 2. The summed E-state index contributed by atoms with van der Waals surface area (Å²) in [7, 11) is 0. The molecule has 1 amide bonds. The number of rotatable bonds is 4. The largest absolute Gasteiger partial charge is 0.348 e. The Morgan fingerprint density at radius 1 is 1.15 bits per heavy atom. The van der Waals surface area contributed by atoms with E-state index >= 15 is 0 Å². The van der Waals surface area contributed by atoms with Crippen molar-refractivity contribution in [1.82, 2.24) is 14.9 Å². The van der Waals surface area contributed by atoms with Crippen LogP contribution in [0.25, 0.3) is 11.0 Å². The van der Waals surface area contributed by atoms with Crippen LogP contribution in [-0.2, 0) is 6.54 Å². The molecular formula is C21H22FN3O2. The second-order valence-corrected chi connectivity index (χ2v) is 7.14. The Morgan fingerprint density at radius 3 is 2.74 bits per heavy atom. The lowest BCUT2D eigenvalue weighted by Crippen LogP contribution is -2.24. The van der Waals surface area contributed by atoms with Gasteiger partial charge in [-0.2, -0.15) is 0 Å². The van der Waals surface area contributed by atoms with E-state index in [9.17, 15) is 14.0 Å². The number of aromatic amines is 1. The van der Waals surface area contributed by atoms with Crippen molar-refractivity contribution in [3.8, 4) is 0 Å². The van der Waals surface area contributed by atoms with Gasteiger partial charge in [-0.3, -0.25) is 9.36 Å². The molecule has 6 heteroatoms. The van der Waals surface area contributed by atoms with E-state index in [0.717, 1.165) is 31.2 Å². The highest BCUT2D eigenvalue weighted by molar-refractivity contribution is 5.97. The van der Waals surface area contributed by atoms with Crippen LogP contribution in [0.2, 0.25) is 0 Å². The fraction of sp³-hybridized carbons (Fsp3) is 0.333. The van der Waals surface area contributed by atoms with Gasteiger partial charge in [0.15, 0.2) is 0 Å². The number of fused-ring (bicyclic) bond motifs is 1. The van der Waals surface area contributed by atoms with Crippen molar-refractivity contribution in [2.24, 2.45) is 0 Å². The number of carbonyl (C=O) groups is 1. The van der Waals surface area contributed by atoms with Crippen molar-refractivity contribution in [2.45, 2.75) is 44.7 Å². The van der Waals surface area contributed by atoms with Gasteiger partial charge >= 0.3 is 5.69 Å². The molecule has 5 nitrogen and oxygen atoms in total. The van der Waals surface area contributed by atoms with Crippen molar-refractivity contribution < 1.29 is 9.18 Å². The first-order valence-corrected chi connectivity index (χ1v) is 9.39. The second kappa shape index (κ2) is 7.39. The van der Waals surface area contributed by atoms with Crippen LogP contribution in [0.1, 0.15) is 54.1 Å². The van der Waals surface area contributed by atoms with Crippen LogP contribution in [0.5, 0.6) is 0 Å². The zero-order chi connectivity index (χ0) is 18.8. The Bertz CT molecular complexity index is 1030. The van der Waals surface area contributed by atoms with Crippen molar-refractivity contribution in [2.75, 3.05) is 0 Å². The predicted molar refractivity (Wildman–Crippen MR) is 102 cm³/mol. The molecule has 0 radical (unpaired) electrons. The summed E-state index contributed by atoms with van der Waals surface area (Å²) in [6.07, 6.45) is 5.55. The predicted octanol–water partition coefficient (Wildman–Crippen LogP) is 3.90. The SMILES string of the molecule is O=C(NCc1cccc(F)c1)c1ccc2c(c1)[nH]c(=O)n2C1CCCCC1. The monoisotopic (exact) mass is 367 g/mol. The van der Waals surface area contributed by atoms with E-state index in [0.29, 0.717) is 16.6 Å². The van der Waals surface area contributed by atoms with Crippen LogP contribution in [-0.4, -0.2) is 15.5 Å². The van der Waals surface area contributed by atoms with E-state index in [-0.39, 0.29) is 30.0 Å². The van der Waals surface area contributed by atoms with Crippen LogP contribution in [0.15, 0.2) is 47.3 Å². The zero-order valence-electron chi connectivity index (χ0n) is 15.0. The number of aromatic nitrogens is 2. The van der Waals surface area contributed by atoms with Crippen molar-refractivity contribution in [1.29, 1.82) is 0 Å². The molecule has 1 fully saturated rings. The van der Waals surface area contributed by atoms with Gasteiger partial charge in [-0.25, -0.2) is 9.18 Å². The van der Waals surface area contributed by atoms with Crippen molar-refractivity contribution in [3.63, 3.8) is 0 Å². The highest BCUT2D eigenvalue weighted by Crippen LogP contribution is 2.29. The quantitative estimate of drug-likeness (QED) is 0.734. The Morgan fingerprint density at radius 2 is 1.96 bits per heavy atom. The first-order chi connectivity index (χ1) is 13.1. The minimum Gasteiger partial charge on any atom is -0.348 e. The first-order valence-electron chi connectivity index (χ1n) is 9.39. The Labute approximate surface area is 156 Å². The van der Waals surface area contributed by atoms with Gasteiger partial charge in [-0.05, 0) is 48.7 Å². The number of hydrogen-bond acceptors (Lipinski definition) is 2. The number of nitrogens with one attached hydrogen (secondary N) is 2. The molecule has 2 aromatic carbocycles. The van der Waals surface area contributed by atoms with E-state index in [4.69, 9.17) is 0 Å². The third-order valence-electron chi connectivity index (χ3n) is 5.26. The molecule has 1 aromatic heterocycles. The highest BCUT2D eigenvalue weighted by Gasteiger charge is 2.20. The summed E-state index contributed by atoms with van der Waals surface area (Å²) in [6, 6.07) is 11.6. The van der Waals surface area contributed by atoms with Crippen LogP contribution in [0.4, 0.5) is 4.39 Å². The molecule has 0 spiro atoms. The number of carbonyl (C=O) groups excluding carboxylic acids is 1. The summed E-state index contributed by atoms with van der Waals surface area (Å²) < 4.78 is 15.1. The number of imidazole rings is 1. The zero-order valence-corrected chi connectivity index (χ0v) is 15.0. The fourth-order valence-corrected chi connectivity index (χ4v) is 3.91. The van der Waals surface area contributed by atoms with Gasteiger partial charge in [0, 0.05) is 18.2 Å². The van der Waals surface area contributed by atoms with Gasteiger partial charge in [-0.1, -0.05) is 31.4 Å². The van der Waals surface area contributed by atoms with E-state index in [1.165, 1.54) is 18.6 Å². The Kier molecular flexibility index (Phi) is 4.79. The minimum atomic E-state index is -0.329. The molecule has 0 saturated heterocycles. The van der Waals surface area contributed by atoms with E-state index in [1.807, 2.05) is 10.6 Å². The molecule has 3 aromatic rings.